The van der Waals surface area contributed by atoms with Crippen LogP contribution in [0.15, 0.2) is 73.3 Å². The van der Waals surface area contributed by atoms with Crippen LogP contribution in [0.1, 0.15) is 41.3 Å². The molecule has 2 aromatic heterocycles. The zero-order chi connectivity index (χ0) is 19.6. The van der Waals surface area contributed by atoms with E-state index in [1.165, 1.54) is 11.1 Å². The fourth-order valence-electron chi connectivity index (χ4n) is 4.53. The highest BCUT2D eigenvalue weighted by molar-refractivity contribution is 5.80. The minimum atomic E-state index is 0.0740. The summed E-state index contributed by atoms with van der Waals surface area (Å²) in [7, 11) is 0. The van der Waals surface area contributed by atoms with E-state index in [-0.39, 0.29) is 17.7 Å². The monoisotopic (exact) mass is 384 g/mol. The molecule has 146 valence electrons. The number of rotatable bonds is 4. The van der Waals surface area contributed by atoms with E-state index in [1.807, 2.05) is 29.6 Å². The first kappa shape index (κ1) is 17.9. The number of hydrogen-bond acceptors (Lipinski definition) is 3. The second kappa shape index (κ2) is 7.66. The van der Waals surface area contributed by atoms with Crippen LogP contribution in [0.25, 0.3) is 0 Å². The molecule has 1 atom stereocenters. The fourth-order valence-corrected chi connectivity index (χ4v) is 4.53. The first-order valence-corrected chi connectivity index (χ1v) is 10.2. The Hall–Kier alpha value is -3.21. The number of pyridine rings is 1. The van der Waals surface area contributed by atoms with Gasteiger partial charge in [0.15, 0.2) is 0 Å². The van der Waals surface area contributed by atoms with Crippen LogP contribution in [-0.2, 0) is 17.9 Å². The molecule has 5 nitrogen and oxygen atoms in total. The van der Waals surface area contributed by atoms with E-state index in [1.54, 1.807) is 6.20 Å². The molecule has 0 saturated carbocycles. The number of hydrogen-bond donors (Lipinski definition) is 0. The number of amides is 1. The predicted molar refractivity (Wildman–Crippen MR) is 111 cm³/mol. The highest BCUT2D eigenvalue weighted by Gasteiger charge is 2.34. The summed E-state index contributed by atoms with van der Waals surface area (Å²) in [6.07, 6.45) is 13.5. The summed E-state index contributed by atoms with van der Waals surface area (Å²) in [5, 5.41) is 0. The van der Waals surface area contributed by atoms with Crippen LogP contribution in [0.3, 0.4) is 0 Å². The van der Waals surface area contributed by atoms with Gasteiger partial charge in [-0.15, -0.1) is 0 Å². The van der Waals surface area contributed by atoms with Gasteiger partial charge in [0.25, 0.3) is 0 Å². The summed E-state index contributed by atoms with van der Waals surface area (Å²) < 4.78 is 2.18. The summed E-state index contributed by atoms with van der Waals surface area (Å²) in [6, 6.07) is 12.5. The van der Waals surface area contributed by atoms with E-state index in [0.29, 0.717) is 13.1 Å². The Balaban J connectivity index is 1.47. The first-order chi connectivity index (χ1) is 14.3. The molecule has 1 amide bonds. The quantitative estimate of drug-likeness (QED) is 0.644. The maximum Gasteiger partial charge on any atom is 0.226 e. The van der Waals surface area contributed by atoms with Crippen molar-refractivity contribution in [2.24, 2.45) is 5.92 Å². The summed E-state index contributed by atoms with van der Waals surface area (Å²) in [4.78, 5) is 24.1. The van der Waals surface area contributed by atoms with Crippen LogP contribution in [0, 0.1) is 5.92 Å². The maximum absolute atomic E-state index is 13.2. The van der Waals surface area contributed by atoms with Gasteiger partial charge in [0.2, 0.25) is 5.91 Å². The van der Waals surface area contributed by atoms with Crippen LogP contribution in [0.5, 0.6) is 0 Å². The molecule has 29 heavy (non-hydrogen) atoms. The molecule has 5 heteroatoms. The van der Waals surface area contributed by atoms with Gasteiger partial charge in [-0.05, 0) is 35.6 Å². The topological polar surface area (TPSA) is 51.0 Å². The number of aromatic nitrogens is 3. The van der Waals surface area contributed by atoms with E-state index < -0.39 is 0 Å². The second-order valence-corrected chi connectivity index (χ2v) is 7.88. The van der Waals surface area contributed by atoms with Gasteiger partial charge in [-0.3, -0.25) is 9.78 Å². The fraction of sp³-hybridized carbons (Fsp3) is 0.292. The highest BCUT2D eigenvalue weighted by atomic mass is 16.2. The van der Waals surface area contributed by atoms with Gasteiger partial charge < -0.3 is 9.47 Å². The van der Waals surface area contributed by atoms with Crippen molar-refractivity contribution in [3.8, 4) is 0 Å². The Bertz CT molecular complexity index is 1030. The molecule has 3 heterocycles. The zero-order valence-electron chi connectivity index (χ0n) is 16.3. The Kier molecular flexibility index (Phi) is 4.72. The van der Waals surface area contributed by atoms with Crippen molar-refractivity contribution in [3.05, 3.63) is 95.9 Å². The van der Waals surface area contributed by atoms with Crippen molar-refractivity contribution in [1.82, 2.24) is 19.4 Å². The predicted octanol–water partition coefficient (Wildman–Crippen LogP) is 3.77. The zero-order valence-corrected chi connectivity index (χ0v) is 16.3. The van der Waals surface area contributed by atoms with Crippen molar-refractivity contribution < 1.29 is 4.79 Å². The molecule has 0 saturated heterocycles. The average molecular weight is 384 g/mol. The van der Waals surface area contributed by atoms with Crippen LogP contribution >= 0.6 is 0 Å². The summed E-state index contributed by atoms with van der Waals surface area (Å²) in [5.41, 5.74) is 3.64. The lowest BCUT2D eigenvalue weighted by Crippen LogP contribution is -2.42. The lowest BCUT2D eigenvalue weighted by molar-refractivity contribution is -0.136. The third kappa shape index (κ3) is 3.48. The average Bonchev–Trinajstić information content (AvgIpc) is 3.45. The molecule has 0 spiro atoms. The molecular formula is C24H24N4O. The van der Waals surface area contributed by atoms with Crippen LogP contribution in [0.4, 0.5) is 0 Å². The van der Waals surface area contributed by atoms with Crippen molar-refractivity contribution in [2.45, 2.75) is 31.8 Å². The van der Waals surface area contributed by atoms with E-state index in [2.05, 4.69) is 52.0 Å². The number of imidazole rings is 1. The third-order valence-electron chi connectivity index (χ3n) is 6.00. The van der Waals surface area contributed by atoms with E-state index in [0.717, 1.165) is 30.8 Å². The van der Waals surface area contributed by atoms with Gasteiger partial charge in [0.05, 0.1) is 12.5 Å². The normalized spacial score (nSPS) is 18.8. The maximum atomic E-state index is 13.2. The standard InChI is InChI=1S/C24H24N4O/c29-24(19-7-1-2-8-19)28-16-20-9-3-4-10-21(20)22(17-28)23-26-12-13-27(23)15-18-6-5-11-25-14-18/h1-6,9-14,19,22H,7-8,15-17H2. The number of allylic oxidation sites excluding steroid dienone is 2. The van der Waals surface area contributed by atoms with Crippen molar-refractivity contribution in [3.63, 3.8) is 0 Å². The molecule has 3 aromatic rings. The SMILES string of the molecule is O=C(C1CC=CC1)N1Cc2ccccc2C(c2nccn2Cc2cccnc2)C1. The molecule has 0 bridgehead atoms. The first-order valence-electron chi connectivity index (χ1n) is 10.2. The van der Waals surface area contributed by atoms with Crippen molar-refractivity contribution in [1.29, 1.82) is 0 Å². The van der Waals surface area contributed by atoms with Gasteiger partial charge >= 0.3 is 0 Å². The molecule has 1 unspecified atom stereocenters. The molecule has 0 N–H and O–H groups in total. The Morgan fingerprint density at radius 1 is 1.07 bits per heavy atom. The second-order valence-electron chi connectivity index (χ2n) is 7.88. The molecule has 1 aliphatic heterocycles. The number of benzene rings is 1. The number of carbonyl (C=O) groups excluding carboxylic acids is 1. The molecule has 1 aliphatic carbocycles. The van der Waals surface area contributed by atoms with Crippen LogP contribution in [-0.4, -0.2) is 31.9 Å². The largest absolute Gasteiger partial charge is 0.337 e. The lowest BCUT2D eigenvalue weighted by atomic mass is 9.88. The minimum Gasteiger partial charge on any atom is -0.337 e. The van der Waals surface area contributed by atoms with Gasteiger partial charge in [-0.25, -0.2) is 4.98 Å². The molecular weight excluding hydrogens is 360 g/mol. The van der Waals surface area contributed by atoms with Crippen LogP contribution < -0.4 is 0 Å². The Labute approximate surface area is 170 Å². The van der Waals surface area contributed by atoms with E-state index in [4.69, 9.17) is 4.98 Å². The highest BCUT2D eigenvalue weighted by Crippen LogP contribution is 2.34. The number of carbonyl (C=O) groups is 1. The molecule has 1 aromatic carbocycles. The molecule has 5 rings (SSSR count). The molecule has 0 radical (unpaired) electrons. The molecule has 2 aliphatic rings. The van der Waals surface area contributed by atoms with Crippen LogP contribution in [0.2, 0.25) is 0 Å². The Morgan fingerprint density at radius 3 is 2.76 bits per heavy atom. The van der Waals surface area contributed by atoms with Crippen molar-refractivity contribution >= 4 is 5.91 Å². The summed E-state index contributed by atoms with van der Waals surface area (Å²) >= 11 is 0. The molecule has 0 fully saturated rings. The third-order valence-corrected chi connectivity index (χ3v) is 6.00. The number of nitrogens with zero attached hydrogens (tertiary/aromatic N) is 4. The van der Waals surface area contributed by atoms with Crippen molar-refractivity contribution in [2.75, 3.05) is 6.54 Å². The summed E-state index contributed by atoms with van der Waals surface area (Å²) in [6.45, 7) is 2.09. The van der Waals surface area contributed by atoms with E-state index in [9.17, 15) is 4.79 Å². The van der Waals surface area contributed by atoms with E-state index >= 15 is 0 Å². The smallest absolute Gasteiger partial charge is 0.226 e. The van der Waals surface area contributed by atoms with Gasteiger partial charge in [0, 0.05) is 43.8 Å². The lowest BCUT2D eigenvalue weighted by Gasteiger charge is -2.36. The number of fused-ring (bicyclic) bond motifs is 1. The summed E-state index contributed by atoms with van der Waals surface area (Å²) in [5.74, 6) is 1.43. The minimum absolute atomic E-state index is 0.0740. The van der Waals surface area contributed by atoms with Gasteiger partial charge in [-0.1, -0.05) is 42.5 Å². The Morgan fingerprint density at radius 2 is 1.93 bits per heavy atom. The van der Waals surface area contributed by atoms with Gasteiger partial charge in [0.1, 0.15) is 5.82 Å². The van der Waals surface area contributed by atoms with Gasteiger partial charge in [-0.2, -0.15) is 0 Å².